The maximum atomic E-state index is 12.5. The average molecular weight is 352 g/mol. The van der Waals surface area contributed by atoms with Crippen molar-refractivity contribution in [1.29, 1.82) is 0 Å². The highest BCUT2D eigenvalue weighted by atomic mass is 35.5. The summed E-state index contributed by atoms with van der Waals surface area (Å²) in [5.41, 5.74) is 1.62. The van der Waals surface area contributed by atoms with Crippen molar-refractivity contribution in [3.05, 3.63) is 35.4 Å². The number of nitrogens with zero attached hydrogens (tertiary/aromatic N) is 1. The molecule has 3 rings (SSSR count). The molecule has 2 atom stereocenters. The number of carbonyl (C=O) groups excluding carboxylic acids is 3. The van der Waals surface area contributed by atoms with Gasteiger partial charge in [0.1, 0.15) is 0 Å². The van der Waals surface area contributed by atoms with Crippen LogP contribution in [0.4, 0.5) is 0 Å². The van der Waals surface area contributed by atoms with Crippen LogP contribution in [0.25, 0.3) is 0 Å². The molecular formula is C17H22ClN3O3. The molecule has 7 heteroatoms. The summed E-state index contributed by atoms with van der Waals surface area (Å²) in [6.07, 6.45) is 0.773. The minimum atomic E-state index is -0.293. The van der Waals surface area contributed by atoms with Crippen molar-refractivity contribution in [2.75, 3.05) is 19.6 Å². The molecular weight excluding hydrogens is 330 g/mol. The van der Waals surface area contributed by atoms with Crippen LogP contribution in [0, 0.1) is 5.92 Å². The van der Waals surface area contributed by atoms with E-state index < -0.39 is 0 Å². The number of hydrogen-bond donors (Lipinski definition) is 2. The van der Waals surface area contributed by atoms with E-state index in [1.165, 1.54) is 0 Å². The Morgan fingerprint density at radius 2 is 1.96 bits per heavy atom. The fourth-order valence-corrected chi connectivity index (χ4v) is 3.14. The molecule has 0 spiro atoms. The lowest BCUT2D eigenvalue weighted by Gasteiger charge is -2.32. The van der Waals surface area contributed by atoms with Crippen molar-refractivity contribution in [1.82, 2.24) is 15.5 Å². The third-order valence-electron chi connectivity index (χ3n) is 4.40. The Bertz CT molecular complexity index is 632. The summed E-state index contributed by atoms with van der Waals surface area (Å²) < 4.78 is 0. The van der Waals surface area contributed by atoms with Gasteiger partial charge in [0.25, 0.3) is 5.91 Å². The van der Waals surface area contributed by atoms with Gasteiger partial charge in [-0.15, -0.1) is 12.4 Å². The first-order valence-electron chi connectivity index (χ1n) is 7.98. The Hall–Kier alpha value is -1.92. The highest BCUT2D eigenvalue weighted by Gasteiger charge is 2.30. The van der Waals surface area contributed by atoms with Crippen LogP contribution in [-0.2, 0) is 16.0 Å². The molecule has 0 bridgehead atoms. The van der Waals surface area contributed by atoms with Gasteiger partial charge in [-0.25, -0.2) is 0 Å². The van der Waals surface area contributed by atoms with Crippen LogP contribution in [0.5, 0.6) is 0 Å². The second-order valence-corrected chi connectivity index (χ2v) is 6.32. The fourth-order valence-electron chi connectivity index (χ4n) is 3.14. The lowest BCUT2D eigenvalue weighted by atomic mass is 9.97. The van der Waals surface area contributed by atoms with E-state index in [-0.39, 0.29) is 42.5 Å². The van der Waals surface area contributed by atoms with Gasteiger partial charge in [-0.2, -0.15) is 0 Å². The van der Waals surface area contributed by atoms with Gasteiger partial charge in [0.05, 0.1) is 5.92 Å². The number of hydrogen-bond acceptors (Lipinski definition) is 4. The lowest BCUT2D eigenvalue weighted by Crippen LogP contribution is -2.51. The predicted molar refractivity (Wildman–Crippen MR) is 92.0 cm³/mol. The van der Waals surface area contributed by atoms with Crippen molar-refractivity contribution < 1.29 is 14.4 Å². The first-order valence-corrected chi connectivity index (χ1v) is 7.98. The zero-order valence-electron chi connectivity index (χ0n) is 13.6. The zero-order valence-corrected chi connectivity index (χ0v) is 14.4. The second kappa shape index (κ2) is 7.77. The molecule has 0 aromatic heterocycles. The highest BCUT2D eigenvalue weighted by molar-refractivity contribution is 6.03. The molecule has 3 amide bonds. The van der Waals surface area contributed by atoms with E-state index in [1.54, 1.807) is 12.1 Å². The van der Waals surface area contributed by atoms with Crippen molar-refractivity contribution in [3.63, 3.8) is 0 Å². The van der Waals surface area contributed by atoms with Gasteiger partial charge in [0, 0.05) is 37.7 Å². The van der Waals surface area contributed by atoms with Crippen LogP contribution in [0.15, 0.2) is 24.3 Å². The zero-order chi connectivity index (χ0) is 16.4. The van der Waals surface area contributed by atoms with Gasteiger partial charge >= 0.3 is 0 Å². The number of piperazine rings is 1. The molecule has 0 saturated carbocycles. The number of amides is 3. The minimum Gasteiger partial charge on any atom is -0.336 e. The molecule has 2 unspecified atom stereocenters. The van der Waals surface area contributed by atoms with Gasteiger partial charge in [-0.05, 0) is 31.0 Å². The SMILES string of the molecule is CC1CN(C(=O)c2ccc(CC3CC(=O)NC3=O)cc2)CCN1.Cl. The largest absolute Gasteiger partial charge is 0.336 e. The molecule has 24 heavy (non-hydrogen) atoms. The summed E-state index contributed by atoms with van der Waals surface area (Å²) in [6, 6.07) is 7.66. The summed E-state index contributed by atoms with van der Waals surface area (Å²) >= 11 is 0. The number of nitrogens with one attached hydrogen (secondary N) is 2. The Kier molecular flexibility index (Phi) is 5.96. The Morgan fingerprint density at radius 3 is 2.54 bits per heavy atom. The first kappa shape index (κ1) is 18.4. The van der Waals surface area contributed by atoms with E-state index >= 15 is 0 Å². The summed E-state index contributed by atoms with van der Waals surface area (Å²) in [6.45, 7) is 4.31. The Morgan fingerprint density at radius 1 is 1.25 bits per heavy atom. The number of imide groups is 1. The average Bonchev–Trinajstić information content (AvgIpc) is 2.85. The quantitative estimate of drug-likeness (QED) is 0.788. The maximum Gasteiger partial charge on any atom is 0.253 e. The number of carbonyl (C=O) groups is 3. The molecule has 0 aliphatic carbocycles. The Labute approximate surface area is 147 Å². The molecule has 1 aromatic carbocycles. The van der Waals surface area contributed by atoms with Crippen LogP contribution < -0.4 is 10.6 Å². The van der Waals surface area contributed by atoms with Gasteiger partial charge in [-0.3, -0.25) is 19.7 Å². The van der Waals surface area contributed by atoms with Gasteiger partial charge in [-0.1, -0.05) is 12.1 Å². The van der Waals surface area contributed by atoms with Crippen LogP contribution in [0.1, 0.15) is 29.3 Å². The summed E-state index contributed by atoms with van der Waals surface area (Å²) in [7, 11) is 0. The van der Waals surface area contributed by atoms with E-state index in [0.29, 0.717) is 24.6 Å². The maximum absolute atomic E-state index is 12.5. The van der Waals surface area contributed by atoms with E-state index in [1.807, 2.05) is 17.0 Å². The van der Waals surface area contributed by atoms with Crippen LogP contribution >= 0.6 is 12.4 Å². The van der Waals surface area contributed by atoms with Crippen LogP contribution in [0.2, 0.25) is 0 Å². The molecule has 2 saturated heterocycles. The van der Waals surface area contributed by atoms with E-state index in [0.717, 1.165) is 18.7 Å². The lowest BCUT2D eigenvalue weighted by molar-refractivity contribution is -0.125. The second-order valence-electron chi connectivity index (χ2n) is 6.32. The minimum absolute atomic E-state index is 0. The molecule has 6 nitrogen and oxygen atoms in total. The van der Waals surface area contributed by atoms with E-state index in [2.05, 4.69) is 17.6 Å². The molecule has 0 radical (unpaired) electrons. The molecule has 2 heterocycles. The topological polar surface area (TPSA) is 78.5 Å². The number of halogens is 1. The number of rotatable bonds is 3. The van der Waals surface area contributed by atoms with Crippen molar-refractivity contribution in [3.8, 4) is 0 Å². The molecule has 1 aromatic rings. The summed E-state index contributed by atoms with van der Waals surface area (Å²) in [4.78, 5) is 37.2. The molecule has 2 aliphatic rings. The van der Waals surface area contributed by atoms with Crippen molar-refractivity contribution in [2.24, 2.45) is 5.92 Å². The standard InChI is InChI=1S/C17H21N3O3.ClH/c1-11-10-20(7-6-18-11)17(23)13-4-2-12(3-5-13)8-14-9-15(21)19-16(14)22;/h2-5,11,14,18H,6-10H2,1H3,(H,19,21,22);1H. The van der Waals surface area contributed by atoms with Crippen LogP contribution in [0.3, 0.4) is 0 Å². The van der Waals surface area contributed by atoms with Crippen molar-refractivity contribution in [2.45, 2.75) is 25.8 Å². The fraction of sp³-hybridized carbons (Fsp3) is 0.471. The summed E-state index contributed by atoms with van der Waals surface area (Å²) in [5, 5.41) is 5.64. The normalized spacial score (nSPS) is 23.6. The van der Waals surface area contributed by atoms with Crippen LogP contribution in [-0.4, -0.2) is 48.3 Å². The molecule has 2 aliphatic heterocycles. The predicted octanol–water partition coefficient (Wildman–Crippen LogP) is 0.747. The molecule has 130 valence electrons. The molecule has 2 N–H and O–H groups in total. The molecule has 2 fully saturated rings. The Balaban J connectivity index is 0.00000208. The van der Waals surface area contributed by atoms with Gasteiger partial charge in [0.2, 0.25) is 11.8 Å². The first-order chi connectivity index (χ1) is 11.0. The van der Waals surface area contributed by atoms with E-state index in [4.69, 9.17) is 0 Å². The highest BCUT2D eigenvalue weighted by Crippen LogP contribution is 2.18. The smallest absolute Gasteiger partial charge is 0.253 e. The third-order valence-corrected chi connectivity index (χ3v) is 4.40. The van der Waals surface area contributed by atoms with E-state index in [9.17, 15) is 14.4 Å². The third kappa shape index (κ3) is 4.13. The van der Waals surface area contributed by atoms with Gasteiger partial charge < -0.3 is 10.2 Å². The number of benzene rings is 1. The van der Waals surface area contributed by atoms with Crippen molar-refractivity contribution >= 4 is 30.1 Å². The summed E-state index contributed by atoms with van der Waals surface area (Å²) in [5.74, 6) is -0.665. The monoisotopic (exact) mass is 351 g/mol. The van der Waals surface area contributed by atoms with Gasteiger partial charge in [0.15, 0.2) is 0 Å².